The van der Waals surface area contributed by atoms with Crippen molar-refractivity contribution in [2.75, 3.05) is 14.2 Å². The summed E-state index contributed by atoms with van der Waals surface area (Å²) < 4.78 is 17.2. The Bertz CT molecular complexity index is 1170. The number of aryl methyl sites for hydroxylation is 1. The van der Waals surface area contributed by atoms with E-state index in [1.165, 1.54) is 11.9 Å². The third-order valence-corrected chi connectivity index (χ3v) is 5.17. The number of benzene rings is 2. The van der Waals surface area contributed by atoms with Crippen molar-refractivity contribution in [3.05, 3.63) is 65.4 Å². The topological polar surface area (TPSA) is 73.3 Å². The van der Waals surface area contributed by atoms with Crippen molar-refractivity contribution in [2.24, 2.45) is 5.10 Å². The van der Waals surface area contributed by atoms with Crippen LogP contribution in [0.2, 0.25) is 0 Å². The lowest BCUT2D eigenvalue weighted by Gasteiger charge is -2.32. The molecule has 7 nitrogen and oxygen atoms in total. The summed E-state index contributed by atoms with van der Waals surface area (Å²) in [7, 11) is 3.15. The monoisotopic (exact) mass is 405 g/mol. The molecule has 4 rings (SSSR count). The van der Waals surface area contributed by atoms with Crippen LogP contribution in [0.15, 0.2) is 53.6 Å². The lowest BCUT2D eigenvalue weighted by Crippen LogP contribution is -2.41. The van der Waals surface area contributed by atoms with E-state index in [9.17, 15) is 4.79 Å². The number of amides is 1. The zero-order chi connectivity index (χ0) is 21.5. The molecule has 2 aromatic carbocycles. The number of hydrazone groups is 1. The smallest absolute Gasteiger partial charge is 0.243 e. The van der Waals surface area contributed by atoms with Crippen LogP contribution in [0.5, 0.6) is 11.5 Å². The van der Waals surface area contributed by atoms with Crippen molar-refractivity contribution in [1.29, 1.82) is 0 Å². The van der Waals surface area contributed by atoms with Crippen LogP contribution >= 0.6 is 0 Å². The summed E-state index contributed by atoms with van der Waals surface area (Å²) >= 11 is 0. The van der Waals surface area contributed by atoms with Gasteiger partial charge in [-0.2, -0.15) is 5.01 Å². The van der Waals surface area contributed by atoms with Gasteiger partial charge in [0.2, 0.25) is 17.5 Å². The number of methoxy groups -OCH3 is 2. The quantitative estimate of drug-likeness (QED) is 0.657. The molecule has 0 spiro atoms. The summed E-state index contributed by atoms with van der Waals surface area (Å²) in [6.45, 7) is 5.17. The standard InChI is InChI=1S/C23H23N3O4/c1-14-12-18(17-8-6-7-9-20(17)24-14)22-25-26(15(2)27)23(3,30-22)19-11-10-16(28-4)13-21(19)29-5/h6-13H,1-5H3/t23-/m0/s1. The fourth-order valence-electron chi connectivity index (χ4n) is 3.75. The van der Waals surface area contributed by atoms with Crippen molar-refractivity contribution in [1.82, 2.24) is 9.99 Å². The second-order valence-electron chi connectivity index (χ2n) is 7.22. The van der Waals surface area contributed by atoms with E-state index >= 15 is 0 Å². The zero-order valence-electron chi connectivity index (χ0n) is 17.6. The van der Waals surface area contributed by atoms with E-state index in [0.717, 1.165) is 22.2 Å². The highest BCUT2D eigenvalue weighted by Gasteiger charge is 2.47. The first-order chi connectivity index (χ1) is 14.4. The Kier molecular flexibility index (Phi) is 4.81. The van der Waals surface area contributed by atoms with Crippen LogP contribution in [-0.2, 0) is 15.3 Å². The first-order valence-electron chi connectivity index (χ1n) is 9.55. The predicted octanol–water partition coefficient (Wildman–Crippen LogP) is 3.97. The molecule has 7 heteroatoms. The fourth-order valence-corrected chi connectivity index (χ4v) is 3.75. The highest BCUT2D eigenvalue weighted by atomic mass is 16.6. The highest BCUT2D eigenvalue weighted by Crippen LogP contribution is 2.42. The number of fused-ring (bicyclic) bond motifs is 1. The number of hydrogen-bond donors (Lipinski definition) is 0. The minimum Gasteiger partial charge on any atom is -0.497 e. The zero-order valence-corrected chi connectivity index (χ0v) is 17.6. The molecule has 0 bridgehead atoms. The number of pyridine rings is 1. The molecule has 0 aliphatic carbocycles. The number of carbonyl (C=O) groups excluding carboxylic acids is 1. The molecular formula is C23H23N3O4. The molecule has 0 fully saturated rings. The maximum Gasteiger partial charge on any atom is 0.243 e. The average Bonchev–Trinajstić information content (AvgIpc) is 3.11. The van der Waals surface area contributed by atoms with Gasteiger partial charge in [-0.3, -0.25) is 9.78 Å². The largest absolute Gasteiger partial charge is 0.497 e. The second-order valence-corrected chi connectivity index (χ2v) is 7.22. The van der Waals surface area contributed by atoms with E-state index in [-0.39, 0.29) is 5.91 Å². The number of carbonyl (C=O) groups is 1. The molecule has 0 N–H and O–H groups in total. The van der Waals surface area contributed by atoms with Crippen molar-refractivity contribution in [3.63, 3.8) is 0 Å². The van der Waals surface area contributed by atoms with Gasteiger partial charge >= 0.3 is 0 Å². The van der Waals surface area contributed by atoms with E-state index in [1.54, 1.807) is 33.3 Å². The van der Waals surface area contributed by atoms with E-state index in [2.05, 4.69) is 10.1 Å². The van der Waals surface area contributed by atoms with Gasteiger partial charge in [0, 0.05) is 36.6 Å². The Morgan fingerprint density at radius 2 is 1.87 bits per heavy atom. The Balaban J connectivity index is 1.86. The van der Waals surface area contributed by atoms with Crippen LogP contribution in [0.1, 0.15) is 30.7 Å². The highest BCUT2D eigenvalue weighted by molar-refractivity contribution is 6.07. The number of rotatable bonds is 4. The molecule has 1 aromatic heterocycles. The maximum absolute atomic E-state index is 12.5. The van der Waals surface area contributed by atoms with E-state index in [1.807, 2.05) is 43.3 Å². The van der Waals surface area contributed by atoms with Gasteiger partial charge in [0.15, 0.2) is 0 Å². The molecule has 0 radical (unpaired) electrons. The van der Waals surface area contributed by atoms with Gasteiger partial charge in [0.1, 0.15) is 11.5 Å². The Hall–Kier alpha value is -3.61. The molecule has 0 saturated heterocycles. The lowest BCUT2D eigenvalue weighted by atomic mass is 10.0. The minimum atomic E-state index is -1.18. The Morgan fingerprint density at radius 1 is 1.10 bits per heavy atom. The number of para-hydroxylation sites is 1. The first-order valence-corrected chi connectivity index (χ1v) is 9.55. The maximum atomic E-state index is 12.5. The molecule has 1 amide bonds. The fraction of sp³-hybridized carbons (Fsp3) is 0.261. The number of ether oxygens (including phenoxy) is 3. The van der Waals surface area contributed by atoms with Crippen molar-refractivity contribution >= 4 is 22.7 Å². The van der Waals surface area contributed by atoms with E-state index in [0.29, 0.717) is 23.0 Å². The molecule has 0 saturated carbocycles. The first kappa shape index (κ1) is 19.7. The molecule has 0 unspecified atom stereocenters. The van der Waals surface area contributed by atoms with Gasteiger partial charge in [-0.1, -0.05) is 18.2 Å². The summed E-state index contributed by atoms with van der Waals surface area (Å²) in [6.07, 6.45) is 0. The van der Waals surface area contributed by atoms with Crippen LogP contribution in [0.3, 0.4) is 0 Å². The summed E-state index contributed by atoms with van der Waals surface area (Å²) in [5.74, 6) is 1.28. The summed E-state index contributed by atoms with van der Waals surface area (Å²) in [6, 6.07) is 15.1. The predicted molar refractivity (Wildman–Crippen MR) is 114 cm³/mol. The van der Waals surface area contributed by atoms with Gasteiger partial charge < -0.3 is 14.2 Å². The third-order valence-electron chi connectivity index (χ3n) is 5.17. The molecule has 1 aliphatic heterocycles. The molecular weight excluding hydrogens is 382 g/mol. The minimum absolute atomic E-state index is 0.250. The van der Waals surface area contributed by atoms with Gasteiger partial charge in [-0.15, -0.1) is 5.10 Å². The van der Waals surface area contributed by atoms with Crippen LogP contribution in [-0.4, -0.2) is 36.0 Å². The van der Waals surface area contributed by atoms with Gasteiger partial charge in [-0.25, -0.2) is 0 Å². The summed E-state index contributed by atoms with van der Waals surface area (Å²) in [4.78, 5) is 17.1. The van der Waals surface area contributed by atoms with Crippen LogP contribution in [0.25, 0.3) is 10.9 Å². The molecule has 1 atom stereocenters. The average molecular weight is 405 g/mol. The van der Waals surface area contributed by atoms with E-state index < -0.39 is 5.72 Å². The van der Waals surface area contributed by atoms with Gasteiger partial charge in [-0.05, 0) is 31.2 Å². The van der Waals surface area contributed by atoms with Crippen LogP contribution < -0.4 is 9.47 Å². The van der Waals surface area contributed by atoms with E-state index in [4.69, 9.17) is 14.2 Å². The molecule has 30 heavy (non-hydrogen) atoms. The van der Waals surface area contributed by atoms with Crippen LogP contribution in [0.4, 0.5) is 0 Å². The summed E-state index contributed by atoms with van der Waals surface area (Å²) in [5, 5.41) is 6.80. The summed E-state index contributed by atoms with van der Waals surface area (Å²) in [5.41, 5.74) is 1.93. The van der Waals surface area contributed by atoms with Crippen molar-refractivity contribution in [2.45, 2.75) is 26.5 Å². The SMILES string of the molecule is COc1ccc([C@]2(C)OC(c3cc(C)nc4ccccc34)=NN2C(C)=O)c(OC)c1. The molecule has 1 aliphatic rings. The molecule has 3 aromatic rings. The second kappa shape index (κ2) is 7.33. The third kappa shape index (κ3) is 3.12. The molecule has 154 valence electrons. The molecule has 2 heterocycles. The normalized spacial score (nSPS) is 18.2. The number of nitrogens with zero attached hydrogens (tertiary/aromatic N) is 3. The van der Waals surface area contributed by atoms with Gasteiger partial charge in [0.05, 0.1) is 25.3 Å². The van der Waals surface area contributed by atoms with Crippen molar-refractivity contribution < 1.29 is 19.0 Å². The van der Waals surface area contributed by atoms with Gasteiger partial charge in [0.25, 0.3) is 0 Å². The Morgan fingerprint density at radius 3 is 2.57 bits per heavy atom. The Labute approximate surface area is 174 Å². The van der Waals surface area contributed by atoms with Crippen LogP contribution in [0, 0.1) is 6.92 Å². The number of aromatic nitrogens is 1. The number of hydrogen-bond acceptors (Lipinski definition) is 6. The van der Waals surface area contributed by atoms with Crippen molar-refractivity contribution in [3.8, 4) is 11.5 Å². The lowest BCUT2D eigenvalue weighted by molar-refractivity contribution is -0.146.